The summed E-state index contributed by atoms with van der Waals surface area (Å²) in [6.45, 7) is 14.7. The number of pyridine rings is 1. The van der Waals surface area contributed by atoms with E-state index in [0.717, 1.165) is 86.9 Å². The molecular weight excluding hydrogens is 564 g/mol. The molecule has 2 aromatic heterocycles. The number of ether oxygens (including phenoxy) is 1. The predicted octanol–water partition coefficient (Wildman–Crippen LogP) is 6.29. The molecule has 3 fully saturated rings. The van der Waals surface area contributed by atoms with Gasteiger partial charge in [-0.1, -0.05) is 24.6 Å². The SMILES string of the molecule is Cc1cc([C@@H]2[C@@H](c3ccccn3)NC(=S)N2c2ccc(N3CCC(C)CC3)c(Cl)c2)c(C)n1CCCN1CCOCC1. The zero-order chi connectivity index (χ0) is 29.2. The van der Waals surface area contributed by atoms with Crippen molar-refractivity contribution in [2.24, 2.45) is 5.92 Å². The number of anilines is 2. The fourth-order valence-corrected chi connectivity index (χ4v) is 7.49. The highest BCUT2D eigenvalue weighted by Crippen LogP contribution is 2.45. The van der Waals surface area contributed by atoms with Crippen LogP contribution in [0.15, 0.2) is 48.7 Å². The summed E-state index contributed by atoms with van der Waals surface area (Å²) >= 11 is 13.0. The number of nitrogens with zero attached hydrogens (tertiary/aromatic N) is 5. The van der Waals surface area contributed by atoms with Crippen LogP contribution in [0.5, 0.6) is 0 Å². The summed E-state index contributed by atoms with van der Waals surface area (Å²) in [6.07, 6.45) is 5.37. The molecule has 0 amide bonds. The number of aromatic nitrogens is 2. The lowest BCUT2D eigenvalue weighted by molar-refractivity contribution is 0.0369. The quantitative estimate of drug-likeness (QED) is 0.303. The zero-order valence-electron chi connectivity index (χ0n) is 25.1. The number of nitrogens with one attached hydrogen (secondary N) is 1. The van der Waals surface area contributed by atoms with Crippen molar-refractivity contribution >= 4 is 40.3 Å². The van der Waals surface area contributed by atoms with Gasteiger partial charge in [-0.05, 0) is 93.2 Å². The summed E-state index contributed by atoms with van der Waals surface area (Å²) in [5.74, 6) is 0.773. The van der Waals surface area contributed by atoms with Crippen LogP contribution < -0.4 is 15.1 Å². The average molecular weight is 607 g/mol. The highest BCUT2D eigenvalue weighted by Gasteiger charge is 2.42. The van der Waals surface area contributed by atoms with E-state index in [4.69, 9.17) is 33.5 Å². The number of hydrogen-bond donors (Lipinski definition) is 1. The van der Waals surface area contributed by atoms with Gasteiger partial charge in [0.25, 0.3) is 0 Å². The molecule has 0 aliphatic carbocycles. The van der Waals surface area contributed by atoms with Gasteiger partial charge in [0.05, 0.1) is 41.7 Å². The average Bonchev–Trinajstić information content (AvgIpc) is 3.49. The molecule has 5 heterocycles. The third kappa shape index (κ3) is 6.05. The lowest BCUT2D eigenvalue weighted by Gasteiger charge is -2.33. The van der Waals surface area contributed by atoms with Crippen molar-refractivity contribution in [2.75, 3.05) is 55.7 Å². The second-order valence-corrected chi connectivity index (χ2v) is 12.9. The maximum atomic E-state index is 6.99. The molecule has 3 aliphatic rings. The minimum atomic E-state index is -0.0805. The topological polar surface area (TPSA) is 48.8 Å². The van der Waals surface area contributed by atoms with E-state index in [1.54, 1.807) is 0 Å². The molecule has 7 nitrogen and oxygen atoms in total. The van der Waals surface area contributed by atoms with Crippen molar-refractivity contribution < 1.29 is 4.74 Å². The summed E-state index contributed by atoms with van der Waals surface area (Å²) in [4.78, 5) is 11.9. The van der Waals surface area contributed by atoms with Crippen LogP contribution in [0.1, 0.15) is 60.9 Å². The predicted molar refractivity (Wildman–Crippen MR) is 176 cm³/mol. The number of piperidine rings is 1. The number of morpholine rings is 1. The van der Waals surface area contributed by atoms with Crippen molar-refractivity contribution in [3.05, 3.63) is 76.3 Å². The summed E-state index contributed by atoms with van der Waals surface area (Å²) in [7, 11) is 0. The van der Waals surface area contributed by atoms with Gasteiger partial charge in [-0.25, -0.2) is 0 Å². The molecule has 6 rings (SSSR count). The van der Waals surface area contributed by atoms with E-state index < -0.39 is 0 Å². The number of hydrogen-bond acceptors (Lipinski definition) is 5. The molecule has 42 heavy (non-hydrogen) atoms. The first-order valence-corrected chi connectivity index (χ1v) is 16.2. The molecule has 0 bridgehead atoms. The fourth-order valence-electron chi connectivity index (χ4n) is 6.85. The molecule has 0 saturated carbocycles. The molecule has 9 heteroatoms. The highest BCUT2D eigenvalue weighted by molar-refractivity contribution is 7.80. The van der Waals surface area contributed by atoms with Crippen molar-refractivity contribution in [3.63, 3.8) is 0 Å². The number of rotatable bonds is 8. The van der Waals surface area contributed by atoms with Crippen LogP contribution >= 0.6 is 23.8 Å². The van der Waals surface area contributed by atoms with Gasteiger partial charge in [0.15, 0.2) is 5.11 Å². The Morgan fingerprint density at radius 2 is 1.81 bits per heavy atom. The molecule has 1 aromatic carbocycles. The van der Waals surface area contributed by atoms with Crippen LogP contribution in [0.2, 0.25) is 5.02 Å². The van der Waals surface area contributed by atoms with Crippen LogP contribution in [-0.2, 0) is 11.3 Å². The first-order valence-electron chi connectivity index (χ1n) is 15.4. The van der Waals surface area contributed by atoms with Crippen LogP contribution in [-0.4, -0.2) is 65.5 Å². The third-order valence-corrected chi connectivity index (χ3v) is 9.94. The molecule has 3 aromatic rings. The largest absolute Gasteiger partial charge is 0.379 e. The van der Waals surface area contributed by atoms with Gasteiger partial charge in [0, 0.05) is 62.5 Å². The lowest BCUT2D eigenvalue weighted by Crippen LogP contribution is -2.37. The van der Waals surface area contributed by atoms with Crippen molar-refractivity contribution in [2.45, 2.75) is 58.7 Å². The van der Waals surface area contributed by atoms with Gasteiger partial charge in [0.2, 0.25) is 0 Å². The first kappa shape index (κ1) is 29.4. The Hall–Kier alpha value is -2.65. The van der Waals surface area contributed by atoms with Crippen LogP contribution in [0, 0.1) is 19.8 Å². The van der Waals surface area contributed by atoms with Crippen molar-refractivity contribution in [1.29, 1.82) is 0 Å². The van der Waals surface area contributed by atoms with Gasteiger partial charge in [-0.15, -0.1) is 0 Å². The van der Waals surface area contributed by atoms with Gasteiger partial charge in [0.1, 0.15) is 0 Å². The van der Waals surface area contributed by atoms with E-state index in [1.807, 2.05) is 18.3 Å². The Morgan fingerprint density at radius 3 is 2.52 bits per heavy atom. The van der Waals surface area contributed by atoms with Crippen molar-refractivity contribution in [1.82, 2.24) is 19.8 Å². The molecule has 2 atom stereocenters. The van der Waals surface area contributed by atoms with Gasteiger partial charge in [-0.3, -0.25) is 9.88 Å². The number of halogens is 1. The van der Waals surface area contributed by atoms with Crippen molar-refractivity contribution in [3.8, 4) is 0 Å². The Kier molecular flexibility index (Phi) is 9.05. The minimum absolute atomic E-state index is 0.0515. The first-order chi connectivity index (χ1) is 20.4. The van der Waals surface area contributed by atoms with Crippen LogP contribution in [0.4, 0.5) is 11.4 Å². The highest BCUT2D eigenvalue weighted by atomic mass is 35.5. The number of thiocarbonyl (C=S) groups is 1. The molecule has 3 aliphatic heterocycles. The molecule has 0 radical (unpaired) electrons. The minimum Gasteiger partial charge on any atom is -0.379 e. The third-order valence-electron chi connectivity index (χ3n) is 9.32. The van der Waals surface area contributed by atoms with E-state index in [9.17, 15) is 0 Å². The van der Waals surface area contributed by atoms with E-state index in [1.165, 1.54) is 29.8 Å². The normalized spacial score (nSPS) is 22.1. The van der Waals surface area contributed by atoms with Gasteiger partial charge >= 0.3 is 0 Å². The zero-order valence-corrected chi connectivity index (χ0v) is 26.6. The summed E-state index contributed by atoms with van der Waals surface area (Å²) in [5.41, 5.74) is 6.92. The van der Waals surface area contributed by atoms with Gasteiger partial charge in [-0.2, -0.15) is 0 Å². The monoisotopic (exact) mass is 606 g/mol. The summed E-state index contributed by atoms with van der Waals surface area (Å²) in [5, 5.41) is 5.10. The molecule has 0 unspecified atom stereocenters. The van der Waals surface area contributed by atoms with Gasteiger partial charge < -0.3 is 24.4 Å². The van der Waals surface area contributed by atoms with Crippen LogP contribution in [0.25, 0.3) is 0 Å². The molecule has 1 N–H and O–H groups in total. The molecular formula is C33H43ClN6OS. The number of benzene rings is 1. The summed E-state index contributed by atoms with van der Waals surface area (Å²) < 4.78 is 8.00. The Labute approximate surface area is 260 Å². The standard InChI is InChI=1S/C33H43ClN6OS/c1-23-10-15-38(16-11-23)30-9-8-26(22-28(30)34)40-32(31(36-33(40)42)29-7-4-5-12-35-29)27-21-24(2)39(25(27)3)14-6-13-37-17-19-41-20-18-37/h4-5,7-9,12,21-23,31-32H,6,10-11,13-20H2,1-3H3,(H,36,42)/t31-,32-/m1/s1. The van der Waals surface area contributed by atoms with E-state index >= 15 is 0 Å². The second kappa shape index (κ2) is 12.9. The summed E-state index contributed by atoms with van der Waals surface area (Å²) in [6, 6.07) is 14.8. The van der Waals surface area contributed by atoms with E-state index in [-0.39, 0.29) is 12.1 Å². The molecule has 0 spiro atoms. The van der Waals surface area contributed by atoms with Crippen LogP contribution in [0.3, 0.4) is 0 Å². The molecule has 3 saturated heterocycles. The maximum absolute atomic E-state index is 6.99. The smallest absolute Gasteiger partial charge is 0.174 e. The Balaban J connectivity index is 1.31. The fraction of sp³-hybridized carbons (Fsp3) is 0.515. The van der Waals surface area contributed by atoms with E-state index in [2.05, 4.69) is 75.7 Å². The second-order valence-electron chi connectivity index (χ2n) is 12.1. The maximum Gasteiger partial charge on any atom is 0.174 e. The van der Waals surface area contributed by atoms with E-state index in [0.29, 0.717) is 5.11 Å². The number of aryl methyl sites for hydroxylation is 1. The Bertz CT molecular complexity index is 1380. The molecule has 224 valence electrons. The Morgan fingerprint density at radius 1 is 1.02 bits per heavy atom. The lowest BCUT2D eigenvalue weighted by atomic mass is 9.96.